The van der Waals surface area contributed by atoms with Gasteiger partial charge in [-0.2, -0.15) is 0 Å². The van der Waals surface area contributed by atoms with Crippen molar-refractivity contribution in [3.8, 4) is 0 Å². The van der Waals surface area contributed by atoms with E-state index in [1.54, 1.807) is 0 Å². The molecule has 1 heterocycles. The number of ether oxygens (including phenoxy) is 1. The third-order valence-electron chi connectivity index (χ3n) is 1.44. The van der Waals surface area contributed by atoms with Crippen molar-refractivity contribution in [1.29, 1.82) is 0 Å². The van der Waals surface area contributed by atoms with Crippen LogP contribution in [-0.2, 0) is 4.74 Å². The fraction of sp³-hybridized carbons (Fsp3) is 0.833. The second-order valence-electron chi connectivity index (χ2n) is 2.09. The highest BCUT2D eigenvalue weighted by Crippen LogP contribution is 2.14. The standard InChI is InChI=1S/C6H11NO/c7-5-6-1-3-8-4-2-6/h6H,1-3,5,7H2. The summed E-state index contributed by atoms with van der Waals surface area (Å²) in [5, 5.41) is 0. The minimum absolute atomic E-state index is 0.628. The first kappa shape index (κ1) is 6.05. The van der Waals surface area contributed by atoms with Crippen molar-refractivity contribution < 1.29 is 4.74 Å². The molecule has 2 nitrogen and oxygen atoms in total. The Morgan fingerprint density at radius 3 is 3.00 bits per heavy atom. The average Bonchev–Trinajstić information content (AvgIpc) is 1.90. The fourth-order valence-electron chi connectivity index (χ4n) is 0.778. The smallest absolute Gasteiger partial charge is 0.132 e. The van der Waals surface area contributed by atoms with Crippen molar-refractivity contribution >= 4 is 0 Å². The van der Waals surface area contributed by atoms with Crippen LogP contribution >= 0.6 is 0 Å². The summed E-state index contributed by atoms with van der Waals surface area (Å²) in [6, 6.07) is 0. The summed E-state index contributed by atoms with van der Waals surface area (Å²) < 4.78 is 4.90. The molecule has 0 bridgehead atoms. The second-order valence-corrected chi connectivity index (χ2v) is 2.09. The maximum Gasteiger partial charge on any atom is 0.132 e. The van der Waals surface area contributed by atoms with Crippen LogP contribution < -0.4 is 5.73 Å². The highest BCUT2D eigenvalue weighted by atomic mass is 16.5. The highest BCUT2D eigenvalue weighted by Gasteiger charge is 2.11. The van der Waals surface area contributed by atoms with Crippen LogP contribution in [0.15, 0.2) is 0 Å². The first-order valence-corrected chi connectivity index (χ1v) is 2.98. The molecule has 1 aliphatic rings. The van der Waals surface area contributed by atoms with E-state index in [1.807, 2.05) is 0 Å². The van der Waals surface area contributed by atoms with Gasteiger partial charge in [-0.15, -0.1) is 0 Å². The SMILES string of the molecule is NCC1C[C]OCC1. The summed E-state index contributed by atoms with van der Waals surface area (Å²) in [4.78, 5) is 0. The van der Waals surface area contributed by atoms with Crippen LogP contribution in [-0.4, -0.2) is 13.2 Å². The Morgan fingerprint density at radius 1 is 1.75 bits per heavy atom. The number of hydrogen-bond acceptors (Lipinski definition) is 2. The third kappa shape index (κ3) is 1.46. The highest BCUT2D eigenvalue weighted by molar-refractivity contribution is 4.69. The van der Waals surface area contributed by atoms with E-state index in [4.69, 9.17) is 10.5 Å². The van der Waals surface area contributed by atoms with Crippen LogP contribution in [0.2, 0.25) is 0 Å². The lowest BCUT2D eigenvalue weighted by molar-refractivity contribution is 0.124. The number of rotatable bonds is 1. The van der Waals surface area contributed by atoms with Gasteiger partial charge in [0, 0.05) is 6.61 Å². The van der Waals surface area contributed by atoms with E-state index in [0.29, 0.717) is 5.92 Å². The summed E-state index contributed by atoms with van der Waals surface area (Å²) in [6.07, 6.45) is 2.01. The fourth-order valence-corrected chi connectivity index (χ4v) is 0.778. The van der Waals surface area contributed by atoms with Crippen molar-refractivity contribution in [2.24, 2.45) is 11.7 Å². The second kappa shape index (κ2) is 3.05. The van der Waals surface area contributed by atoms with Gasteiger partial charge in [-0.1, -0.05) is 0 Å². The summed E-state index contributed by atoms with van der Waals surface area (Å²) in [7, 11) is 0. The van der Waals surface area contributed by atoms with Crippen LogP contribution in [0.5, 0.6) is 0 Å². The van der Waals surface area contributed by atoms with Crippen molar-refractivity contribution in [2.45, 2.75) is 12.8 Å². The predicted octanol–water partition coefficient (Wildman–Crippen LogP) is 0.410. The molecule has 0 aromatic rings. The molecule has 2 N–H and O–H groups in total. The Hall–Kier alpha value is -0.0800. The Kier molecular flexibility index (Phi) is 2.30. The largest absolute Gasteiger partial charge is 0.369 e. The molecule has 8 heavy (non-hydrogen) atoms. The molecular formula is C6H11NO. The number of hydrogen-bond donors (Lipinski definition) is 1. The van der Waals surface area contributed by atoms with Gasteiger partial charge in [0.05, 0.1) is 0 Å². The molecule has 0 aromatic carbocycles. The Labute approximate surface area is 50.0 Å². The predicted molar refractivity (Wildman–Crippen MR) is 31.0 cm³/mol. The van der Waals surface area contributed by atoms with Gasteiger partial charge in [0.1, 0.15) is 6.61 Å². The average molecular weight is 113 g/mol. The lowest BCUT2D eigenvalue weighted by Gasteiger charge is -2.18. The monoisotopic (exact) mass is 113 g/mol. The van der Waals surface area contributed by atoms with Crippen molar-refractivity contribution in [3.63, 3.8) is 0 Å². The summed E-state index contributed by atoms with van der Waals surface area (Å²) in [5.41, 5.74) is 5.41. The molecule has 1 aliphatic heterocycles. The zero-order valence-electron chi connectivity index (χ0n) is 4.89. The molecule has 0 saturated carbocycles. The maximum atomic E-state index is 5.41. The summed E-state index contributed by atoms with van der Waals surface area (Å²) >= 11 is 0. The van der Waals surface area contributed by atoms with E-state index in [2.05, 4.69) is 6.61 Å². The molecule has 46 valence electrons. The molecule has 1 rings (SSSR count). The lowest BCUT2D eigenvalue weighted by Crippen LogP contribution is -2.20. The molecule has 1 saturated heterocycles. The van der Waals surface area contributed by atoms with Gasteiger partial charge >= 0.3 is 0 Å². The normalized spacial score (nSPS) is 23.6. The van der Waals surface area contributed by atoms with Gasteiger partial charge in [-0.3, -0.25) is 0 Å². The van der Waals surface area contributed by atoms with Gasteiger partial charge in [0.2, 0.25) is 0 Å². The van der Waals surface area contributed by atoms with Gasteiger partial charge in [-0.25, -0.2) is 0 Å². The van der Waals surface area contributed by atoms with Gasteiger partial charge in [0.25, 0.3) is 0 Å². The molecule has 1 atom stereocenters. The van der Waals surface area contributed by atoms with Crippen LogP contribution in [0.1, 0.15) is 12.8 Å². The molecule has 1 fully saturated rings. The van der Waals surface area contributed by atoms with Gasteiger partial charge in [-0.05, 0) is 25.3 Å². The first-order valence-electron chi connectivity index (χ1n) is 2.98. The summed E-state index contributed by atoms with van der Waals surface area (Å²) in [6.45, 7) is 4.39. The van der Waals surface area contributed by atoms with E-state index >= 15 is 0 Å². The van der Waals surface area contributed by atoms with Crippen LogP contribution in [0.4, 0.5) is 0 Å². The van der Waals surface area contributed by atoms with E-state index in [-0.39, 0.29) is 0 Å². The Bertz CT molecular complexity index is 59.5. The molecule has 1 unspecified atom stereocenters. The topological polar surface area (TPSA) is 35.2 Å². The molecule has 0 spiro atoms. The van der Waals surface area contributed by atoms with Crippen LogP contribution in [0.3, 0.4) is 0 Å². The minimum Gasteiger partial charge on any atom is -0.369 e. The zero-order valence-corrected chi connectivity index (χ0v) is 4.89. The van der Waals surface area contributed by atoms with Crippen LogP contribution in [0, 0.1) is 12.5 Å². The first-order chi connectivity index (χ1) is 3.93. The summed E-state index contributed by atoms with van der Waals surface area (Å²) in [5.74, 6) is 0.628. The van der Waals surface area contributed by atoms with E-state index in [9.17, 15) is 0 Å². The van der Waals surface area contributed by atoms with Crippen molar-refractivity contribution in [1.82, 2.24) is 0 Å². The maximum absolute atomic E-state index is 5.41. The Morgan fingerprint density at radius 2 is 2.62 bits per heavy atom. The quantitative estimate of drug-likeness (QED) is 0.534. The van der Waals surface area contributed by atoms with Gasteiger partial charge < -0.3 is 10.5 Å². The van der Waals surface area contributed by atoms with E-state index in [0.717, 1.165) is 26.0 Å². The third-order valence-corrected chi connectivity index (χ3v) is 1.44. The van der Waals surface area contributed by atoms with Gasteiger partial charge in [0.15, 0.2) is 0 Å². The number of nitrogens with two attached hydrogens (primary N) is 1. The minimum atomic E-state index is 0.628. The molecular weight excluding hydrogens is 102 g/mol. The van der Waals surface area contributed by atoms with Crippen LogP contribution in [0.25, 0.3) is 0 Å². The molecule has 0 aliphatic carbocycles. The van der Waals surface area contributed by atoms with Crippen molar-refractivity contribution in [3.05, 3.63) is 6.61 Å². The van der Waals surface area contributed by atoms with E-state index in [1.165, 1.54) is 0 Å². The molecule has 0 aromatic heterocycles. The Balaban J connectivity index is 2.13. The molecule has 0 amide bonds. The van der Waals surface area contributed by atoms with Crippen molar-refractivity contribution in [2.75, 3.05) is 13.2 Å². The molecule has 2 radical (unpaired) electrons. The van der Waals surface area contributed by atoms with E-state index < -0.39 is 0 Å². The zero-order chi connectivity index (χ0) is 5.82. The lowest BCUT2D eigenvalue weighted by atomic mass is 10.0. The molecule has 2 heteroatoms.